The molecule has 2 heterocycles. The zero-order valence-electron chi connectivity index (χ0n) is 9.34. The summed E-state index contributed by atoms with van der Waals surface area (Å²) in [5, 5.41) is 0. The molecule has 1 saturated heterocycles. The second kappa shape index (κ2) is 5.01. The van der Waals surface area contributed by atoms with Crippen LogP contribution in [0.4, 0.5) is 0 Å². The number of ether oxygens (including phenoxy) is 1. The van der Waals surface area contributed by atoms with Gasteiger partial charge in [0.25, 0.3) is 0 Å². The van der Waals surface area contributed by atoms with Crippen LogP contribution in [0.1, 0.15) is 11.8 Å². The monoisotopic (exact) mass is 320 g/mol. The standard InChI is InChI=1S/C10H13BrN2O3S/c1-17(14,15)13-4-5-16-10(7-13)9-3-2-8(11)6-12-9/h2-3,6,10H,4-5,7H2,1H3/t10-/m0/s1. The van der Waals surface area contributed by atoms with Gasteiger partial charge in [-0.25, -0.2) is 8.42 Å². The summed E-state index contributed by atoms with van der Waals surface area (Å²) in [6, 6.07) is 3.70. The summed E-state index contributed by atoms with van der Waals surface area (Å²) in [5.41, 5.74) is 0.751. The zero-order valence-corrected chi connectivity index (χ0v) is 11.7. The molecule has 0 aliphatic carbocycles. The number of pyridine rings is 1. The molecule has 17 heavy (non-hydrogen) atoms. The third kappa shape index (κ3) is 3.25. The van der Waals surface area contributed by atoms with Crippen LogP contribution in [0, 0.1) is 0 Å². The Bertz CT molecular complexity index is 489. The normalized spacial score (nSPS) is 22.6. The molecule has 0 N–H and O–H groups in total. The van der Waals surface area contributed by atoms with E-state index in [1.165, 1.54) is 10.6 Å². The molecule has 94 valence electrons. The predicted molar refractivity (Wildman–Crippen MR) is 67.0 cm³/mol. The van der Waals surface area contributed by atoms with Gasteiger partial charge in [0.1, 0.15) is 6.10 Å². The Labute approximate surface area is 109 Å². The minimum atomic E-state index is -3.16. The van der Waals surface area contributed by atoms with Crippen LogP contribution >= 0.6 is 15.9 Å². The predicted octanol–water partition coefficient (Wildman–Crippen LogP) is 1.18. The number of hydrogen-bond acceptors (Lipinski definition) is 4. The van der Waals surface area contributed by atoms with Gasteiger partial charge in [0.2, 0.25) is 10.0 Å². The molecule has 0 aromatic carbocycles. The molecule has 1 atom stereocenters. The number of nitrogens with zero attached hydrogens (tertiary/aromatic N) is 2. The first kappa shape index (κ1) is 12.9. The lowest BCUT2D eigenvalue weighted by Crippen LogP contribution is -2.41. The summed E-state index contributed by atoms with van der Waals surface area (Å²) in [6.45, 7) is 1.13. The molecule has 0 bridgehead atoms. The van der Waals surface area contributed by atoms with E-state index in [1.54, 1.807) is 6.20 Å². The minimum absolute atomic E-state index is 0.286. The summed E-state index contributed by atoms with van der Waals surface area (Å²) in [7, 11) is -3.16. The van der Waals surface area contributed by atoms with E-state index >= 15 is 0 Å². The molecule has 1 fully saturated rings. The van der Waals surface area contributed by atoms with E-state index in [9.17, 15) is 8.42 Å². The van der Waals surface area contributed by atoms with Crippen LogP contribution in [0.25, 0.3) is 0 Å². The van der Waals surface area contributed by atoms with Crippen LogP contribution < -0.4 is 0 Å². The third-order valence-corrected chi connectivity index (χ3v) is 4.32. The topological polar surface area (TPSA) is 59.5 Å². The maximum absolute atomic E-state index is 11.5. The van der Waals surface area contributed by atoms with Crippen LogP contribution in [0.2, 0.25) is 0 Å². The molecule has 7 heteroatoms. The van der Waals surface area contributed by atoms with Crippen molar-refractivity contribution in [1.29, 1.82) is 0 Å². The van der Waals surface area contributed by atoms with E-state index in [2.05, 4.69) is 20.9 Å². The maximum atomic E-state index is 11.5. The fourth-order valence-electron chi connectivity index (χ4n) is 1.68. The van der Waals surface area contributed by atoms with Crippen molar-refractivity contribution in [3.63, 3.8) is 0 Å². The van der Waals surface area contributed by atoms with Crippen LogP contribution in [0.5, 0.6) is 0 Å². The molecule has 1 aromatic rings. The van der Waals surface area contributed by atoms with E-state index in [1.807, 2.05) is 12.1 Å². The molecule has 1 aliphatic heterocycles. The third-order valence-electron chi connectivity index (χ3n) is 2.58. The highest BCUT2D eigenvalue weighted by atomic mass is 79.9. The van der Waals surface area contributed by atoms with Crippen molar-refractivity contribution in [2.24, 2.45) is 0 Å². The molecule has 1 aliphatic rings. The average molecular weight is 321 g/mol. The Balaban J connectivity index is 2.15. The highest BCUT2D eigenvalue weighted by Crippen LogP contribution is 2.22. The van der Waals surface area contributed by atoms with E-state index in [4.69, 9.17) is 4.74 Å². The lowest BCUT2D eigenvalue weighted by atomic mass is 10.2. The average Bonchev–Trinajstić information content (AvgIpc) is 2.29. The molecule has 2 rings (SSSR count). The van der Waals surface area contributed by atoms with Gasteiger partial charge < -0.3 is 4.74 Å². The molecule has 0 spiro atoms. The first-order chi connectivity index (χ1) is 7.97. The number of aromatic nitrogens is 1. The van der Waals surface area contributed by atoms with Crippen molar-refractivity contribution in [3.8, 4) is 0 Å². The van der Waals surface area contributed by atoms with Gasteiger partial charge >= 0.3 is 0 Å². The van der Waals surface area contributed by atoms with E-state index in [-0.39, 0.29) is 6.10 Å². The fourth-order valence-corrected chi connectivity index (χ4v) is 2.73. The maximum Gasteiger partial charge on any atom is 0.211 e. The van der Waals surface area contributed by atoms with Crippen molar-refractivity contribution in [2.45, 2.75) is 6.10 Å². The SMILES string of the molecule is CS(=O)(=O)N1CCO[C@H](c2ccc(Br)cn2)C1. The molecular weight excluding hydrogens is 308 g/mol. The van der Waals surface area contributed by atoms with Gasteiger partial charge in [0.15, 0.2) is 0 Å². The van der Waals surface area contributed by atoms with Gasteiger partial charge in [0.05, 0.1) is 18.6 Å². The Kier molecular flexibility index (Phi) is 3.82. The van der Waals surface area contributed by atoms with Crippen LogP contribution in [0.15, 0.2) is 22.8 Å². The van der Waals surface area contributed by atoms with E-state index in [0.717, 1.165) is 10.2 Å². The van der Waals surface area contributed by atoms with Crippen LogP contribution in [-0.4, -0.2) is 43.7 Å². The van der Waals surface area contributed by atoms with E-state index < -0.39 is 10.0 Å². The molecule has 5 nitrogen and oxygen atoms in total. The molecule has 0 radical (unpaired) electrons. The minimum Gasteiger partial charge on any atom is -0.369 e. The van der Waals surface area contributed by atoms with Crippen molar-refractivity contribution in [3.05, 3.63) is 28.5 Å². The number of halogens is 1. The summed E-state index contributed by atoms with van der Waals surface area (Å²) < 4.78 is 30.8. The van der Waals surface area contributed by atoms with Gasteiger partial charge in [-0.05, 0) is 28.1 Å². The van der Waals surface area contributed by atoms with Crippen LogP contribution in [0.3, 0.4) is 0 Å². The Morgan fingerprint density at radius 1 is 1.53 bits per heavy atom. The summed E-state index contributed by atoms with van der Waals surface area (Å²) in [5.74, 6) is 0. The van der Waals surface area contributed by atoms with Gasteiger partial charge in [-0.15, -0.1) is 0 Å². The summed E-state index contributed by atoms with van der Waals surface area (Å²) >= 11 is 3.30. The number of rotatable bonds is 2. The molecular formula is C10H13BrN2O3S. The first-order valence-electron chi connectivity index (χ1n) is 5.15. The van der Waals surface area contributed by atoms with E-state index in [0.29, 0.717) is 19.7 Å². The second-order valence-corrected chi connectivity index (χ2v) is 6.78. The van der Waals surface area contributed by atoms with Gasteiger partial charge in [-0.1, -0.05) is 0 Å². The Hall–Kier alpha value is -0.500. The van der Waals surface area contributed by atoms with Crippen molar-refractivity contribution < 1.29 is 13.2 Å². The molecule has 1 aromatic heterocycles. The number of morpholine rings is 1. The van der Waals surface area contributed by atoms with Crippen LogP contribution in [-0.2, 0) is 14.8 Å². The zero-order chi connectivity index (χ0) is 12.5. The molecule has 0 saturated carbocycles. The lowest BCUT2D eigenvalue weighted by molar-refractivity contribution is -0.00474. The largest absolute Gasteiger partial charge is 0.369 e. The van der Waals surface area contributed by atoms with Crippen molar-refractivity contribution in [2.75, 3.05) is 26.0 Å². The van der Waals surface area contributed by atoms with Gasteiger partial charge in [0, 0.05) is 23.8 Å². The quantitative estimate of drug-likeness (QED) is 0.821. The highest BCUT2D eigenvalue weighted by molar-refractivity contribution is 9.10. The highest BCUT2D eigenvalue weighted by Gasteiger charge is 2.28. The van der Waals surface area contributed by atoms with Gasteiger partial charge in [-0.2, -0.15) is 4.31 Å². The summed E-state index contributed by atoms with van der Waals surface area (Å²) in [6.07, 6.45) is 2.61. The smallest absolute Gasteiger partial charge is 0.211 e. The fraction of sp³-hybridized carbons (Fsp3) is 0.500. The molecule has 0 amide bonds. The number of hydrogen-bond donors (Lipinski definition) is 0. The number of sulfonamides is 1. The van der Waals surface area contributed by atoms with Crippen molar-refractivity contribution in [1.82, 2.24) is 9.29 Å². The Morgan fingerprint density at radius 3 is 2.88 bits per heavy atom. The van der Waals surface area contributed by atoms with Gasteiger partial charge in [-0.3, -0.25) is 4.98 Å². The van der Waals surface area contributed by atoms with Crippen molar-refractivity contribution >= 4 is 26.0 Å². The Morgan fingerprint density at radius 2 is 2.29 bits per heavy atom. The lowest BCUT2D eigenvalue weighted by Gasteiger charge is -2.30. The summed E-state index contributed by atoms with van der Waals surface area (Å²) in [4.78, 5) is 4.23. The first-order valence-corrected chi connectivity index (χ1v) is 7.79. The molecule has 0 unspecified atom stereocenters. The second-order valence-electron chi connectivity index (χ2n) is 3.88.